The van der Waals surface area contributed by atoms with Crippen molar-refractivity contribution in [3.8, 4) is 0 Å². The minimum absolute atomic E-state index is 0.0197. The number of rotatable bonds is 9. The van der Waals surface area contributed by atoms with Gasteiger partial charge in [0.2, 0.25) is 15.9 Å². The van der Waals surface area contributed by atoms with Crippen LogP contribution in [-0.4, -0.2) is 51.6 Å². The second kappa shape index (κ2) is 8.93. The largest absolute Gasteiger partial charge is 0.289 e. The SMILES string of the molecule is CS(=O)(=O)c1ccc(S(=O)(=O)N(CCC(=O)NO)CCc2cccs2)cc1. The van der Waals surface area contributed by atoms with E-state index in [1.165, 1.54) is 41.1 Å². The number of sulfonamides is 1. The Morgan fingerprint density at radius 1 is 1.07 bits per heavy atom. The lowest BCUT2D eigenvalue weighted by Gasteiger charge is -2.22. The van der Waals surface area contributed by atoms with Gasteiger partial charge in [-0.15, -0.1) is 11.3 Å². The van der Waals surface area contributed by atoms with Crippen LogP contribution in [0.15, 0.2) is 51.6 Å². The molecule has 0 atom stereocenters. The number of amides is 1. The number of hydrogen-bond acceptors (Lipinski definition) is 7. The monoisotopic (exact) mass is 432 g/mol. The summed E-state index contributed by atoms with van der Waals surface area (Å²) in [6.45, 7) is 0.0311. The van der Waals surface area contributed by atoms with E-state index in [1.54, 1.807) is 0 Å². The van der Waals surface area contributed by atoms with E-state index >= 15 is 0 Å². The average Bonchev–Trinajstić information content (AvgIpc) is 3.14. The standard InChI is InChI=1S/C16H20N2O6S3/c1-26(21,22)14-4-6-15(7-5-14)27(23,24)18(11-9-16(19)17-20)10-8-13-3-2-12-25-13/h2-7,12,20H,8-11H2,1H3,(H,17,19). The van der Waals surface area contributed by atoms with Crippen LogP contribution in [0, 0.1) is 0 Å². The van der Waals surface area contributed by atoms with Gasteiger partial charge in [0.05, 0.1) is 9.79 Å². The maximum absolute atomic E-state index is 12.9. The van der Waals surface area contributed by atoms with E-state index in [1.807, 2.05) is 17.5 Å². The van der Waals surface area contributed by atoms with Crippen LogP contribution in [-0.2, 0) is 31.1 Å². The zero-order chi connectivity index (χ0) is 20.1. The molecule has 11 heteroatoms. The average molecular weight is 433 g/mol. The Balaban J connectivity index is 2.25. The number of carbonyl (C=O) groups excluding carboxylic acids is 1. The molecule has 0 unspecified atom stereocenters. The van der Waals surface area contributed by atoms with Gasteiger partial charge in [0.25, 0.3) is 0 Å². The van der Waals surface area contributed by atoms with E-state index in [4.69, 9.17) is 5.21 Å². The zero-order valence-electron chi connectivity index (χ0n) is 14.5. The molecule has 1 heterocycles. The second-order valence-corrected chi connectivity index (χ2v) is 10.7. The molecule has 0 fully saturated rings. The van der Waals surface area contributed by atoms with Crippen LogP contribution < -0.4 is 5.48 Å². The molecule has 0 bridgehead atoms. The van der Waals surface area contributed by atoms with Gasteiger partial charge in [-0.25, -0.2) is 22.3 Å². The van der Waals surface area contributed by atoms with Gasteiger partial charge in [0.1, 0.15) is 0 Å². The van der Waals surface area contributed by atoms with Crippen molar-refractivity contribution in [3.05, 3.63) is 46.7 Å². The number of nitrogens with zero attached hydrogens (tertiary/aromatic N) is 1. The van der Waals surface area contributed by atoms with Gasteiger partial charge in [-0.2, -0.15) is 4.31 Å². The summed E-state index contributed by atoms with van der Waals surface area (Å²) in [5.74, 6) is -0.696. The number of hydrogen-bond donors (Lipinski definition) is 2. The molecule has 148 valence electrons. The molecule has 0 aliphatic heterocycles. The number of thiophene rings is 1. The van der Waals surface area contributed by atoms with Gasteiger partial charge in [0, 0.05) is 30.6 Å². The summed E-state index contributed by atoms with van der Waals surface area (Å²) in [5.41, 5.74) is 1.48. The first-order chi connectivity index (χ1) is 12.6. The lowest BCUT2D eigenvalue weighted by molar-refractivity contribution is -0.129. The second-order valence-electron chi connectivity index (χ2n) is 5.76. The van der Waals surface area contributed by atoms with E-state index in [0.717, 1.165) is 15.4 Å². The smallest absolute Gasteiger partial charge is 0.244 e. The molecule has 1 amide bonds. The molecule has 27 heavy (non-hydrogen) atoms. The van der Waals surface area contributed by atoms with Gasteiger partial charge in [-0.3, -0.25) is 10.0 Å². The lowest BCUT2D eigenvalue weighted by atomic mass is 10.3. The van der Waals surface area contributed by atoms with Crippen LogP contribution in [0.4, 0.5) is 0 Å². The molecule has 0 aliphatic carbocycles. The number of sulfone groups is 1. The normalized spacial score (nSPS) is 12.3. The number of hydroxylamine groups is 1. The summed E-state index contributed by atoms with van der Waals surface area (Å²) >= 11 is 1.50. The number of benzene rings is 1. The van der Waals surface area contributed by atoms with Crippen LogP contribution in [0.5, 0.6) is 0 Å². The van der Waals surface area contributed by atoms with Crippen molar-refractivity contribution in [2.75, 3.05) is 19.3 Å². The van der Waals surface area contributed by atoms with Gasteiger partial charge in [-0.05, 0) is 42.1 Å². The third-order valence-electron chi connectivity index (χ3n) is 3.79. The van der Waals surface area contributed by atoms with Crippen molar-refractivity contribution in [1.82, 2.24) is 9.79 Å². The predicted molar refractivity (Wildman–Crippen MR) is 101 cm³/mol. The van der Waals surface area contributed by atoms with Crippen LogP contribution in [0.3, 0.4) is 0 Å². The fourth-order valence-corrected chi connectivity index (χ4v) is 5.10. The molecule has 0 saturated heterocycles. The molecule has 0 spiro atoms. The Labute approximate surface area is 162 Å². The van der Waals surface area contributed by atoms with Crippen molar-refractivity contribution in [3.63, 3.8) is 0 Å². The van der Waals surface area contributed by atoms with Gasteiger partial charge >= 0.3 is 0 Å². The van der Waals surface area contributed by atoms with Crippen molar-refractivity contribution in [2.45, 2.75) is 22.6 Å². The molecular formula is C16H20N2O6S3. The fourth-order valence-electron chi connectivity index (χ4n) is 2.33. The quantitative estimate of drug-likeness (QED) is 0.455. The van der Waals surface area contributed by atoms with Crippen LogP contribution in [0.2, 0.25) is 0 Å². The summed E-state index contributed by atoms with van der Waals surface area (Å²) in [6, 6.07) is 8.69. The van der Waals surface area contributed by atoms with E-state index in [0.29, 0.717) is 6.42 Å². The molecule has 0 radical (unpaired) electrons. The first kappa shape index (κ1) is 21.5. The number of carbonyl (C=O) groups is 1. The minimum atomic E-state index is -3.94. The topological polar surface area (TPSA) is 121 Å². The summed E-state index contributed by atoms with van der Waals surface area (Å²) < 4.78 is 50.1. The first-order valence-electron chi connectivity index (χ1n) is 7.90. The first-order valence-corrected chi connectivity index (χ1v) is 12.1. The molecule has 2 N–H and O–H groups in total. The van der Waals surface area contributed by atoms with E-state index in [2.05, 4.69) is 0 Å². The van der Waals surface area contributed by atoms with Crippen LogP contribution in [0.1, 0.15) is 11.3 Å². The van der Waals surface area contributed by atoms with Crippen molar-refractivity contribution >= 4 is 37.1 Å². The third-order valence-corrected chi connectivity index (χ3v) is 7.77. The maximum Gasteiger partial charge on any atom is 0.244 e. The van der Waals surface area contributed by atoms with E-state index in [-0.39, 0.29) is 29.3 Å². The summed E-state index contributed by atoms with van der Waals surface area (Å²) in [6.07, 6.45) is 1.30. The zero-order valence-corrected chi connectivity index (χ0v) is 17.0. The van der Waals surface area contributed by atoms with Crippen molar-refractivity contribution < 1.29 is 26.8 Å². The summed E-state index contributed by atoms with van der Waals surface area (Å²) in [5, 5.41) is 10.5. The number of nitrogens with one attached hydrogen (secondary N) is 1. The molecule has 1 aromatic carbocycles. The fraction of sp³-hybridized carbons (Fsp3) is 0.312. The van der Waals surface area contributed by atoms with Crippen LogP contribution >= 0.6 is 11.3 Å². The van der Waals surface area contributed by atoms with E-state index in [9.17, 15) is 21.6 Å². The molecule has 2 rings (SSSR count). The van der Waals surface area contributed by atoms with Crippen LogP contribution in [0.25, 0.3) is 0 Å². The Morgan fingerprint density at radius 3 is 2.22 bits per heavy atom. The molecular weight excluding hydrogens is 412 g/mol. The summed E-state index contributed by atoms with van der Waals surface area (Å²) in [7, 11) is -7.38. The highest BCUT2D eigenvalue weighted by Gasteiger charge is 2.25. The molecule has 0 saturated carbocycles. The predicted octanol–water partition coefficient (Wildman–Crippen LogP) is 1.28. The molecule has 0 aliphatic rings. The molecule has 1 aromatic heterocycles. The van der Waals surface area contributed by atoms with Crippen molar-refractivity contribution in [2.24, 2.45) is 0 Å². The van der Waals surface area contributed by atoms with Gasteiger partial charge in [-0.1, -0.05) is 6.07 Å². The summed E-state index contributed by atoms with van der Waals surface area (Å²) in [4.78, 5) is 12.3. The minimum Gasteiger partial charge on any atom is -0.289 e. The van der Waals surface area contributed by atoms with Gasteiger partial charge in [0.15, 0.2) is 9.84 Å². The maximum atomic E-state index is 12.9. The highest BCUT2D eigenvalue weighted by Crippen LogP contribution is 2.20. The Hall–Kier alpha value is -1.79. The highest BCUT2D eigenvalue weighted by molar-refractivity contribution is 7.90. The van der Waals surface area contributed by atoms with Gasteiger partial charge < -0.3 is 0 Å². The molecule has 2 aromatic rings. The highest BCUT2D eigenvalue weighted by atomic mass is 32.2. The third kappa shape index (κ3) is 5.84. The molecule has 8 nitrogen and oxygen atoms in total. The van der Waals surface area contributed by atoms with Crippen molar-refractivity contribution in [1.29, 1.82) is 0 Å². The Bertz CT molecular complexity index is 968. The van der Waals surface area contributed by atoms with E-state index < -0.39 is 25.8 Å². The Kier molecular flexibility index (Phi) is 7.12. The lowest BCUT2D eigenvalue weighted by Crippen LogP contribution is -2.36. The Morgan fingerprint density at radius 2 is 1.70 bits per heavy atom.